The van der Waals surface area contributed by atoms with Crippen LogP contribution in [0, 0.1) is 5.41 Å². The first kappa shape index (κ1) is 16.0. The number of hydrogen-bond donors (Lipinski definition) is 2. The zero-order chi connectivity index (χ0) is 16.2. The van der Waals surface area contributed by atoms with Crippen LogP contribution < -0.4 is 10.0 Å². The maximum absolute atomic E-state index is 12.1. The quantitative estimate of drug-likeness (QED) is 0.632. The lowest BCUT2D eigenvalue weighted by atomic mass is 10.1. The largest absolute Gasteiger partial charge is 0.387 e. The number of nitrogens with one attached hydrogen (secondary N) is 1. The number of sulfonamides is 1. The highest BCUT2D eigenvalue weighted by molar-refractivity contribution is 7.92. The normalized spacial score (nSPS) is 11.1. The van der Waals surface area contributed by atoms with E-state index < -0.39 is 10.0 Å². The average molecular weight is 317 g/mol. The van der Waals surface area contributed by atoms with E-state index in [1.54, 1.807) is 24.3 Å². The molecule has 0 aliphatic heterocycles. The lowest BCUT2D eigenvalue weighted by Gasteiger charge is -2.22. The van der Waals surface area contributed by atoms with Crippen LogP contribution in [-0.4, -0.2) is 20.5 Å². The highest BCUT2D eigenvalue weighted by Crippen LogP contribution is 2.21. The van der Waals surface area contributed by atoms with E-state index in [0.717, 1.165) is 11.1 Å². The van der Waals surface area contributed by atoms with Gasteiger partial charge in [0.2, 0.25) is 10.0 Å². The molecule has 0 amide bonds. The third-order valence-corrected chi connectivity index (χ3v) is 4.33. The first-order valence-corrected chi connectivity index (χ1v) is 8.64. The molecule has 0 saturated heterocycles. The van der Waals surface area contributed by atoms with E-state index in [9.17, 15) is 8.42 Å². The summed E-state index contributed by atoms with van der Waals surface area (Å²) >= 11 is 0. The van der Waals surface area contributed by atoms with E-state index in [1.165, 1.54) is 10.6 Å². The van der Waals surface area contributed by atoms with Gasteiger partial charge in [-0.3, -0.25) is 9.71 Å². The van der Waals surface area contributed by atoms with Crippen LogP contribution in [0.2, 0.25) is 0 Å². The van der Waals surface area contributed by atoms with Crippen molar-refractivity contribution in [1.29, 1.82) is 5.41 Å². The van der Waals surface area contributed by atoms with Gasteiger partial charge < -0.3 is 5.73 Å². The van der Waals surface area contributed by atoms with Crippen LogP contribution in [0.3, 0.4) is 0 Å². The molecule has 2 rings (SSSR count). The maximum atomic E-state index is 12.1. The van der Waals surface area contributed by atoms with E-state index in [1.807, 2.05) is 30.3 Å². The molecule has 0 atom stereocenters. The predicted molar refractivity (Wildman–Crippen MR) is 89.5 cm³/mol. The Morgan fingerprint density at radius 1 is 1.05 bits per heavy atom. The molecule has 5 nitrogen and oxygen atoms in total. The van der Waals surface area contributed by atoms with E-state index in [0.29, 0.717) is 12.1 Å². The summed E-state index contributed by atoms with van der Waals surface area (Å²) in [6.07, 6.45) is 1.55. The van der Waals surface area contributed by atoms with Crippen LogP contribution in [0.5, 0.6) is 0 Å². The molecule has 0 spiro atoms. The van der Waals surface area contributed by atoms with E-state index in [-0.39, 0.29) is 12.4 Å². The first-order chi connectivity index (χ1) is 10.4. The average Bonchev–Trinajstić information content (AvgIpc) is 2.45. The van der Waals surface area contributed by atoms with Crippen molar-refractivity contribution in [2.45, 2.75) is 13.0 Å². The van der Waals surface area contributed by atoms with Crippen molar-refractivity contribution in [3.63, 3.8) is 0 Å². The Bertz CT molecular complexity index is 741. The first-order valence-electron chi connectivity index (χ1n) is 6.80. The van der Waals surface area contributed by atoms with E-state index in [4.69, 9.17) is 11.1 Å². The molecule has 0 fully saturated rings. The lowest BCUT2D eigenvalue weighted by molar-refractivity contribution is 0.596. The smallest absolute Gasteiger partial charge is 0.232 e. The minimum Gasteiger partial charge on any atom is -0.387 e. The summed E-state index contributed by atoms with van der Waals surface area (Å²) in [4.78, 5) is 0. The van der Waals surface area contributed by atoms with Gasteiger partial charge in [-0.25, -0.2) is 8.42 Å². The molecule has 2 aromatic rings. The fraction of sp³-hybridized carbons (Fsp3) is 0.188. The molecule has 0 radical (unpaired) electrons. The molecule has 3 N–H and O–H groups in total. The lowest BCUT2D eigenvalue weighted by Crippen LogP contribution is -2.29. The molecule has 116 valence electrons. The van der Waals surface area contributed by atoms with Crippen molar-refractivity contribution in [3.05, 3.63) is 65.7 Å². The van der Waals surface area contributed by atoms with Crippen molar-refractivity contribution in [3.8, 4) is 0 Å². The maximum Gasteiger partial charge on any atom is 0.232 e. The van der Waals surface area contributed by atoms with Crippen LogP contribution in [0.4, 0.5) is 5.69 Å². The Morgan fingerprint density at radius 2 is 1.64 bits per heavy atom. The number of nitrogens with two attached hydrogens (primary N) is 1. The number of benzene rings is 2. The Balaban J connectivity index is 2.28. The summed E-state index contributed by atoms with van der Waals surface area (Å²) in [5.74, 6) is 0.0806. The number of rotatable bonds is 6. The van der Waals surface area contributed by atoms with Crippen molar-refractivity contribution in [1.82, 2.24) is 0 Å². The number of hydrogen-bond acceptors (Lipinski definition) is 3. The summed E-state index contributed by atoms with van der Waals surface area (Å²) in [6, 6.07) is 16.5. The second-order valence-electron chi connectivity index (χ2n) is 5.12. The standard InChI is InChI=1S/C16H19N3O2S/c1-22(20,21)19(12-14-5-3-2-4-6-14)15-9-7-13(8-10-15)11-16(17)18/h2-10H,11-12H2,1H3,(H3,17,18). The van der Waals surface area contributed by atoms with Crippen LogP contribution in [-0.2, 0) is 23.0 Å². The van der Waals surface area contributed by atoms with Crippen LogP contribution >= 0.6 is 0 Å². The van der Waals surface area contributed by atoms with E-state index >= 15 is 0 Å². The van der Waals surface area contributed by atoms with Gasteiger partial charge in [0.15, 0.2) is 0 Å². The summed E-state index contributed by atoms with van der Waals surface area (Å²) in [7, 11) is -3.39. The molecule has 0 aliphatic carbocycles. The summed E-state index contributed by atoms with van der Waals surface area (Å²) in [5.41, 5.74) is 7.76. The van der Waals surface area contributed by atoms with Gasteiger partial charge in [-0.05, 0) is 23.3 Å². The Morgan fingerprint density at radius 3 is 2.14 bits per heavy atom. The van der Waals surface area contributed by atoms with Crippen molar-refractivity contribution >= 4 is 21.5 Å². The number of nitrogens with zero attached hydrogens (tertiary/aromatic N) is 1. The van der Waals surface area contributed by atoms with Crippen molar-refractivity contribution < 1.29 is 8.42 Å². The minimum absolute atomic E-state index is 0.0806. The molecule has 0 aromatic heterocycles. The molecule has 0 saturated carbocycles. The Kier molecular flexibility index (Phi) is 4.82. The Hall–Kier alpha value is -2.34. The van der Waals surface area contributed by atoms with Gasteiger partial charge >= 0.3 is 0 Å². The summed E-state index contributed by atoms with van der Waals surface area (Å²) < 4.78 is 25.5. The molecule has 0 aliphatic rings. The molecular weight excluding hydrogens is 298 g/mol. The predicted octanol–water partition coefficient (Wildman–Crippen LogP) is 2.13. The highest BCUT2D eigenvalue weighted by Gasteiger charge is 2.17. The highest BCUT2D eigenvalue weighted by atomic mass is 32.2. The van der Waals surface area contributed by atoms with Crippen molar-refractivity contribution in [2.24, 2.45) is 5.73 Å². The number of amidine groups is 1. The second kappa shape index (κ2) is 6.62. The molecule has 6 heteroatoms. The van der Waals surface area contributed by atoms with Crippen LogP contribution in [0.15, 0.2) is 54.6 Å². The minimum atomic E-state index is -3.39. The van der Waals surface area contributed by atoms with Gasteiger partial charge in [0.1, 0.15) is 0 Å². The second-order valence-corrected chi connectivity index (χ2v) is 7.03. The summed E-state index contributed by atoms with van der Waals surface area (Å²) in [5, 5.41) is 7.29. The van der Waals surface area contributed by atoms with Crippen LogP contribution in [0.1, 0.15) is 11.1 Å². The van der Waals surface area contributed by atoms with Gasteiger partial charge in [-0.15, -0.1) is 0 Å². The SMILES string of the molecule is CS(=O)(=O)N(Cc1ccccc1)c1ccc(CC(=N)N)cc1. The Labute approximate surface area is 130 Å². The third-order valence-electron chi connectivity index (χ3n) is 3.19. The van der Waals surface area contributed by atoms with Gasteiger partial charge in [-0.2, -0.15) is 0 Å². The molecule has 0 heterocycles. The van der Waals surface area contributed by atoms with Gasteiger partial charge in [0.05, 0.1) is 24.3 Å². The van der Waals surface area contributed by atoms with E-state index in [2.05, 4.69) is 0 Å². The van der Waals surface area contributed by atoms with Gasteiger partial charge in [-0.1, -0.05) is 42.5 Å². The van der Waals surface area contributed by atoms with Crippen molar-refractivity contribution in [2.75, 3.05) is 10.6 Å². The van der Waals surface area contributed by atoms with Gasteiger partial charge in [0.25, 0.3) is 0 Å². The monoisotopic (exact) mass is 317 g/mol. The molecule has 22 heavy (non-hydrogen) atoms. The molecule has 0 bridgehead atoms. The zero-order valence-corrected chi connectivity index (χ0v) is 13.2. The fourth-order valence-electron chi connectivity index (χ4n) is 2.15. The van der Waals surface area contributed by atoms with Crippen LogP contribution in [0.25, 0.3) is 0 Å². The molecular formula is C16H19N3O2S. The molecule has 2 aromatic carbocycles. The summed E-state index contributed by atoms with van der Waals surface area (Å²) in [6.45, 7) is 0.283. The third kappa shape index (κ3) is 4.33. The van der Waals surface area contributed by atoms with Gasteiger partial charge in [0, 0.05) is 6.42 Å². The topological polar surface area (TPSA) is 87.2 Å². The zero-order valence-electron chi connectivity index (χ0n) is 12.4. The fourth-order valence-corrected chi connectivity index (χ4v) is 3.04. The number of anilines is 1. The molecule has 0 unspecified atom stereocenters.